The van der Waals surface area contributed by atoms with Crippen molar-refractivity contribution in [1.29, 1.82) is 0 Å². The molecule has 3 rings (SSSR count). The molecule has 38 heavy (non-hydrogen) atoms. The number of nitrogens with one attached hydrogen (secondary N) is 2. The molecule has 2 fully saturated rings. The second kappa shape index (κ2) is 11.3. The number of aliphatic hydroxyl groups is 1. The second-order valence-corrected chi connectivity index (χ2v) is 11.9. The fraction of sp³-hybridized carbons (Fsp3) is 0.704. The van der Waals surface area contributed by atoms with E-state index in [1.807, 2.05) is 20.8 Å². The first-order chi connectivity index (χ1) is 17.7. The molecule has 0 bridgehead atoms. The average Bonchev–Trinajstić information content (AvgIpc) is 3.37. The Morgan fingerprint density at radius 2 is 1.89 bits per heavy atom. The van der Waals surface area contributed by atoms with E-state index < -0.39 is 52.8 Å². The molecule has 2 aliphatic rings. The van der Waals surface area contributed by atoms with Crippen molar-refractivity contribution in [3.8, 4) is 0 Å². The molecule has 0 aromatic carbocycles. The monoisotopic (exact) mass is 531 g/mol. The zero-order valence-electron chi connectivity index (χ0n) is 23.4. The van der Waals surface area contributed by atoms with Gasteiger partial charge in [0.2, 0.25) is 11.8 Å². The van der Waals surface area contributed by atoms with Crippen molar-refractivity contribution in [2.45, 2.75) is 85.0 Å². The summed E-state index contributed by atoms with van der Waals surface area (Å²) in [7, 11) is 0. The zero-order valence-corrected chi connectivity index (χ0v) is 23.4. The Morgan fingerprint density at radius 3 is 2.45 bits per heavy atom. The van der Waals surface area contributed by atoms with Crippen molar-refractivity contribution in [2.75, 3.05) is 13.2 Å². The minimum absolute atomic E-state index is 0.0716. The molecule has 1 aromatic heterocycles. The van der Waals surface area contributed by atoms with Crippen molar-refractivity contribution in [2.24, 2.45) is 23.2 Å². The van der Waals surface area contributed by atoms with Crippen LogP contribution in [-0.4, -0.2) is 80.5 Å². The number of esters is 1. The average molecular weight is 532 g/mol. The number of aromatic nitrogens is 2. The Hall–Kier alpha value is -3.08. The van der Waals surface area contributed by atoms with E-state index in [1.54, 1.807) is 27.7 Å². The number of likely N-dealkylation sites (tertiary alicyclic amines) is 1. The number of ether oxygens (including phenoxy) is 1. The van der Waals surface area contributed by atoms with Crippen LogP contribution in [0.4, 0.5) is 0 Å². The first kappa shape index (κ1) is 29.5. The summed E-state index contributed by atoms with van der Waals surface area (Å²) in [5, 5.41) is 16.5. The number of nitrogens with zero attached hydrogens (tertiary/aromatic N) is 3. The third-order valence-corrected chi connectivity index (χ3v) is 7.68. The topological polar surface area (TPSA) is 151 Å². The molecule has 1 aliphatic carbocycles. The highest BCUT2D eigenvalue weighted by atomic mass is 16.5. The summed E-state index contributed by atoms with van der Waals surface area (Å²) < 4.78 is 5.32. The SMILES string of the molecule is CCOC(=O)[C@@H]1[C@H]2CC[C@@](C)(O)[C@H]2CN1C(=O)[C@@H](NC(=O)[C@H](NC(=O)c1cnccn1)C(C)C)C(C)(C)C. The zero-order chi connectivity index (χ0) is 28.4. The van der Waals surface area contributed by atoms with E-state index in [1.165, 1.54) is 23.5 Å². The second-order valence-electron chi connectivity index (χ2n) is 11.9. The molecule has 0 unspecified atom stereocenters. The number of amides is 3. The minimum Gasteiger partial charge on any atom is -0.464 e. The van der Waals surface area contributed by atoms with Crippen molar-refractivity contribution in [1.82, 2.24) is 25.5 Å². The molecule has 1 saturated carbocycles. The lowest BCUT2D eigenvalue weighted by molar-refractivity contribution is -0.156. The van der Waals surface area contributed by atoms with E-state index in [-0.39, 0.29) is 36.6 Å². The van der Waals surface area contributed by atoms with Crippen LogP contribution < -0.4 is 10.6 Å². The molecule has 2 heterocycles. The summed E-state index contributed by atoms with van der Waals surface area (Å²) in [4.78, 5) is 62.6. The highest BCUT2D eigenvalue weighted by molar-refractivity contribution is 5.97. The van der Waals surface area contributed by atoms with Gasteiger partial charge in [0.25, 0.3) is 5.91 Å². The van der Waals surface area contributed by atoms with Gasteiger partial charge in [-0.25, -0.2) is 9.78 Å². The smallest absolute Gasteiger partial charge is 0.329 e. The maximum atomic E-state index is 14.0. The highest BCUT2D eigenvalue weighted by Crippen LogP contribution is 2.48. The largest absolute Gasteiger partial charge is 0.464 e. The lowest BCUT2D eigenvalue weighted by Crippen LogP contribution is -2.61. The van der Waals surface area contributed by atoms with Crippen LogP contribution >= 0.6 is 0 Å². The molecule has 210 valence electrons. The Balaban J connectivity index is 1.85. The molecular weight excluding hydrogens is 490 g/mol. The maximum Gasteiger partial charge on any atom is 0.329 e. The summed E-state index contributed by atoms with van der Waals surface area (Å²) in [6, 6.07) is -2.77. The normalized spacial score (nSPS) is 26.4. The molecule has 0 radical (unpaired) electrons. The molecule has 3 N–H and O–H groups in total. The van der Waals surface area contributed by atoms with Crippen LogP contribution in [0.25, 0.3) is 0 Å². The third-order valence-electron chi connectivity index (χ3n) is 7.68. The van der Waals surface area contributed by atoms with E-state index >= 15 is 0 Å². The van der Waals surface area contributed by atoms with Gasteiger partial charge in [0, 0.05) is 24.9 Å². The molecule has 1 aliphatic heterocycles. The van der Waals surface area contributed by atoms with E-state index in [0.717, 1.165) is 0 Å². The fourth-order valence-electron chi connectivity index (χ4n) is 5.54. The highest BCUT2D eigenvalue weighted by Gasteiger charge is 2.58. The van der Waals surface area contributed by atoms with Gasteiger partial charge < -0.3 is 25.4 Å². The van der Waals surface area contributed by atoms with Gasteiger partial charge in [0.1, 0.15) is 23.8 Å². The van der Waals surface area contributed by atoms with Crippen LogP contribution in [0.15, 0.2) is 18.6 Å². The minimum atomic E-state index is -1.00. The van der Waals surface area contributed by atoms with E-state index in [0.29, 0.717) is 12.8 Å². The van der Waals surface area contributed by atoms with Crippen molar-refractivity contribution in [3.05, 3.63) is 24.3 Å². The van der Waals surface area contributed by atoms with Crippen molar-refractivity contribution in [3.63, 3.8) is 0 Å². The number of carbonyl (C=O) groups excluding carboxylic acids is 4. The molecule has 11 nitrogen and oxygen atoms in total. The predicted molar refractivity (Wildman–Crippen MR) is 138 cm³/mol. The number of carbonyl (C=O) groups is 4. The molecule has 1 aromatic rings. The van der Waals surface area contributed by atoms with Gasteiger partial charge in [-0.15, -0.1) is 0 Å². The number of rotatable bonds is 8. The standard InChI is InChI=1S/C27H41N5O6/c1-8-38-25(36)20-16-9-10-27(7,37)17(16)14-32(20)24(35)21(26(4,5)6)31-23(34)19(15(2)3)30-22(33)18-13-28-11-12-29-18/h11-13,15-17,19-21,37H,8-10,14H2,1-7H3,(H,30,33)(H,31,34)/t16-,17-,19+,20-,21+,27+/m0/s1. The third kappa shape index (κ3) is 6.14. The quantitative estimate of drug-likeness (QED) is 0.425. The summed E-state index contributed by atoms with van der Waals surface area (Å²) in [6.07, 6.45) is 5.28. The number of hydrogen-bond donors (Lipinski definition) is 3. The van der Waals surface area contributed by atoms with Gasteiger partial charge in [-0.1, -0.05) is 34.6 Å². The Morgan fingerprint density at radius 1 is 1.21 bits per heavy atom. The van der Waals surface area contributed by atoms with E-state index in [2.05, 4.69) is 20.6 Å². The molecule has 0 spiro atoms. The lowest BCUT2D eigenvalue weighted by atomic mass is 9.85. The molecule has 3 amide bonds. The van der Waals surface area contributed by atoms with Crippen LogP contribution in [0, 0.1) is 23.2 Å². The lowest BCUT2D eigenvalue weighted by Gasteiger charge is -2.37. The van der Waals surface area contributed by atoms with Gasteiger partial charge in [-0.2, -0.15) is 0 Å². The number of fused-ring (bicyclic) bond motifs is 1. The Bertz CT molecular complexity index is 1040. The van der Waals surface area contributed by atoms with Crippen LogP contribution in [-0.2, 0) is 19.1 Å². The summed E-state index contributed by atoms with van der Waals surface area (Å²) in [5.41, 5.74) is -1.65. The van der Waals surface area contributed by atoms with Crippen LogP contribution in [0.5, 0.6) is 0 Å². The summed E-state index contributed by atoms with van der Waals surface area (Å²) in [6.45, 7) is 12.9. The Labute approximate surface area is 224 Å². The van der Waals surface area contributed by atoms with Crippen LogP contribution in [0.2, 0.25) is 0 Å². The maximum absolute atomic E-state index is 14.0. The van der Waals surface area contributed by atoms with Crippen LogP contribution in [0.3, 0.4) is 0 Å². The van der Waals surface area contributed by atoms with Crippen molar-refractivity contribution >= 4 is 23.7 Å². The van der Waals surface area contributed by atoms with Gasteiger partial charge >= 0.3 is 5.97 Å². The van der Waals surface area contributed by atoms with Gasteiger partial charge in [-0.05, 0) is 43.9 Å². The molecule has 6 atom stereocenters. The van der Waals surface area contributed by atoms with Gasteiger partial charge in [0.05, 0.1) is 18.4 Å². The van der Waals surface area contributed by atoms with Gasteiger partial charge in [0.15, 0.2) is 0 Å². The molecule has 11 heteroatoms. The van der Waals surface area contributed by atoms with E-state index in [4.69, 9.17) is 4.74 Å². The summed E-state index contributed by atoms with van der Waals surface area (Å²) >= 11 is 0. The molecular formula is C27H41N5O6. The number of hydrogen-bond acceptors (Lipinski definition) is 8. The summed E-state index contributed by atoms with van der Waals surface area (Å²) in [5.74, 6) is -2.78. The fourth-order valence-corrected chi connectivity index (χ4v) is 5.54. The van der Waals surface area contributed by atoms with Gasteiger partial charge in [-0.3, -0.25) is 19.4 Å². The first-order valence-corrected chi connectivity index (χ1v) is 13.3. The van der Waals surface area contributed by atoms with E-state index in [9.17, 15) is 24.3 Å². The van der Waals surface area contributed by atoms with Crippen LogP contribution in [0.1, 0.15) is 71.8 Å². The predicted octanol–water partition coefficient (Wildman–Crippen LogP) is 1.31. The first-order valence-electron chi connectivity index (χ1n) is 13.3. The van der Waals surface area contributed by atoms with Crippen molar-refractivity contribution < 1.29 is 29.0 Å². The molecule has 1 saturated heterocycles. The Kier molecular flexibility index (Phi) is 8.80.